The van der Waals surface area contributed by atoms with Crippen LogP contribution in [0.15, 0.2) is 0 Å². The van der Waals surface area contributed by atoms with E-state index >= 15 is 0 Å². The highest BCUT2D eigenvalue weighted by Crippen LogP contribution is 2.39. The van der Waals surface area contributed by atoms with Crippen molar-refractivity contribution in [1.29, 1.82) is 0 Å². The second-order valence-corrected chi connectivity index (χ2v) is 24.0. The Balaban J connectivity index is 2.51. The van der Waals surface area contributed by atoms with Crippen molar-refractivity contribution >= 4 is 104 Å². The standard InChI is InChI=1S/C18H32O46S10/c19-16-13(11(61-71(38,39)40)8(59-69(32,33)34)4(53-16)1-50-65(20,21)22)57-17-14(63-73(44,45)46)10(7(58-68(29,30)31)5(54-17)2-51-66(23,24)25)56-18-15(64-74(47,48)49)12(62-72(41,42)43)9(60-70(35,36)37)6(55-18)3-52-67(26,27)28/h4-19H,1-3H2,(H,20,21,22)(H,23,24,25)(H,26,27,28)(H,29,30,31)(H,32,33,34)(H,35,36,37)(H,38,39,40)(H,41,42,43)(H,44,45,46)(H,47,48,49)/t4-,5-,6-,7-,8-,9-,10+,11+,12+,13+,14+,15+,16?,17-,18-/m1/s1. The molecule has 0 amide bonds. The van der Waals surface area contributed by atoms with Gasteiger partial charge in [-0.3, -0.25) is 45.5 Å². The highest BCUT2D eigenvalue weighted by Gasteiger charge is 2.61. The summed E-state index contributed by atoms with van der Waals surface area (Å²) >= 11 is 0. The van der Waals surface area contributed by atoms with Crippen LogP contribution in [0.2, 0.25) is 0 Å². The Morgan fingerprint density at radius 1 is 0.270 bits per heavy atom. The van der Waals surface area contributed by atoms with E-state index in [4.69, 9.17) is 32.8 Å². The molecule has 3 heterocycles. The van der Waals surface area contributed by atoms with E-state index in [1.807, 2.05) is 0 Å². The summed E-state index contributed by atoms with van der Waals surface area (Å²) in [4.78, 5) is 0. The van der Waals surface area contributed by atoms with Crippen LogP contribution in [0.3, 0.4) is 0 Å². The van der Waals surface area contributed by atoms with E-state index in [9.17, 15) is 126 Å². The van der Waals surface area contributed by atoms with Crippen LogP contribution in [-0.4, -0.2) is 247 Å². The zero-order chi connectivity index (χ0) is 57.4. The van der Waals surface area contributed by atoms with Gasteiger partial charge in [0.15, 0.2) is 31.1 Å². The quantitative estimate of drug-likeness (QED) is 0.0340. The van der Waals surface area contributed by atoms with Gasteiger partial charge in [0, 0.05) is 0 Å². The van der Waals surface area contributed by atoms with Crippen molar-refractivity contribution < 1.29 is 200 Å². The maximum atomic E-state index is 12.4. The fraction of sp³-hybridized carbons (Fsp3) is 1.00. The molecule has 11 N–H and O–H groups in total. The van der Waals surface area contributed by atoms with Crippen LogP contribution in [0.25, 0.3) is 0 Å². The molecule has 0 spiro atoms. The normalized spacial score (nSPS) is 32.8. The van der Waals surface area contributed by atoms with Crippen LogP contribution in [0.1, 0.15) is 0 Å². The van der Waals surface area contributed by atoms with E-state index in [1.165, 1.54) is 0 Å². The van der Waals surface area contributed by atoms with Crippen molar-refractivity contribution in [3.8, 4) is 0 Å². The summed E-state index contributed by atoms with van der Waals surface area (Å²) in [6, 6.07) is 0. The van der Waals surface area contributed by atoms with Crippen molar-refractivity contribution in [3.63, 3.8) is 0 Å². The SMILES string of the molecule is O=S(=O)(O)OC[C@H]1O[C@H](O[C@@H]2C(O)O[C@H](COS(=O)(=O)O)[C@@H](OS(=O)(=O)O)[C@@H]2OS(=O)(=O)O)[C@@H](OS(=O)(=O)O)[C@@H](O[C@H]2O[C@H](COS(=O)(=O)O)[C@@H](OS(=O)(=O)O)[C@H](OS(=O)(=O)O)[C@@H]2OS(=O)(=O)O)[C@@H]1OS(=O)(=O)O. The van der Waals surface area contributed by atoms with Gasteiger partial charge in [-0.1, -0.05) is 0 Å². The van der Waals surface area contributed by atoms with E-state index in [0.717, 1.165) is 0 Å². The molecule has 440 valence electrons. The molecule has 0 saturated carbocycles. The topological polar surface area (TPSA) is 702 Å². The van der Waals surface area contributed by atoms with Crippen LogP contribution in [-0.2, 0) is 170 Å². The molecule has 3 fully saturated rings. The zero-order valence-corrected chi connectivity index (χ0v) is 42.2. The van der Waals surface area contributed by atoms with Gasteiger partial charge in [0.05, 0.1) is 19.8 Å². The zero-order valence-electron chi connectivity index (χ0n) is 34.1. The van der Waals surface area contributed by atoms with E-state index in [2.05, 4.69) is 41.8 Å². The number of aliphatic hydroxyl groups excluding tert-OH is 1. The van der Waals surface area contributed by atoms with Crippen LogP contribution >= 0.6 is 0 Å². The van der Waals surface area contributed by atoms with Crippen LogP contribution in [0.5, 0.6) is 0 Å². The highest BCUT2D eigenvalue weighted by atomic mass is 32.3. The molecule has 0 aromatic rings. The Bertz CT molecular complexity index is 3130. The Kier molecular flexibility index (Phi) is 21.7. The molecule has 15 atom stereocenters. The van der Waals surface area contributed by atoms with Gasteiger partial charge in [-0.15, -0.1) is 0 Å². The molecule has 3 aliphatic heterocycles. The second kappa shape index (κ2) is 24.0. The van der Waals surface area contributed by atoms with Crippen molar-refractivity contribution in [1.82, 2.24) is 0 Å². The van der Waals surface area contributed by atoms with Gasteiger partial charge in [0.1, 0.15) is 61.0 Å². The lowest BCUT2D eigenvalue weighted by atomic mass is 9.96. The molecule has 74 heavy (non-hydrogen) atoms. The fourth-order valence-corrected chi connectivity index (χ4v) is 10.5. The minimum atomic E-state index is -6.50. The molecule has 3 aliphatic rings. The summed E-state index contributed by atoms with van der Waals surface area (Å²) in [5, 5.41) is 11.0. The Labute approximate surface area is 414 Å². The lowest BCUT2D eigenvalue weighted by Crippen LogP contribution is -2.69. The first kappa shape index (κ1) is 66.7. The minimum absolute atomic E-state index is 1.86. The predicted molar refractivity (Wildman–Crippen MR) is 205 cm³/mol. The highest BCUT2D eigenvalue weighted by molar-refractivity contribution is 7.83. The van der Waals surface area contributed by atoms with Crippen molar-refractivity contribution in [3.05, 3.63) is 0 Å². The van der Waals surface area contributed by atoms with Crippen molar-refractivity contribution in [2.24, 2.45) is 0 Å². The minimum Gasteiger partial charge on any atom is -0.366 e. The molecule has 0 aromatic heterocycles. The Hall–Kier alpha value is -1.54. The first-order valence-electron chi connectivity index (χ1n) is 17.2. The molecule has 46 nitrogen and oxygen atoms in total. The second-order valence-electron chi connectivity index (χ2n) is 13.4. The summed E-state index contributed by atoms with van der Waals surface area (Å²) < 4.78 is 400. The lowest BCUT2D eigenvalue weighted by molar-refractivity contribution is -0.373. The van der Waals surface area contributed by atoms with Crippen LogP contribution in [0, 0.1) is 0 Å². The fourth-order valence-electron chi connectivity index (χ4n) is 6.10. The van der Waals surface area contributed by atoms with E-state index in [1.54, 1.807) is 0 Å². The summed E-state index contributed by atoms with van der Waals surface area (Å²) in [5.74, 6) is 0. The molecular weight excluding hydrogens is 1270 g/mol. The Morgan fingerprint density at radius 3 is 0.770 bits per heavy atom. The van der Waals surface area contributed by atoms with Crippen LogP contribution in [0.4, 0.5) is 0 Å². The molecular formula is C18H32O46S10. The molecule has 0 radical (unpaired) electrons. The third-order valence-corrected chi connectivity index (χ3v) is 12.7. The van der Waals surface area contributed by atoms with E-state index in [-0.39, 0.29) is 0 Å². The van der Waals surface area contributed by atoms with Gasteiger partial charge in [0.25, 0.3) is 0 Å². The average Bonchev–Trinajstić information content (AvgIpc) is 3.11. The van der Waals surface area contributed by atoms with Gasteiger partial charge in [-0.05, 0) is 0 Å². The maximum absolute atomic E-state index is 12.4. The first-order valence-corrected chi connectivity index (χ1v) is 30.8. The number of hydrogen-bond acceptors (Lipinski definition) is 36. The number of hydrogen-bond donors (Lipinski definition) is 11. The summed E-state index contributed by atoms with van der Waals surface area (Å²) in [5.41, 5.74) is 0. The largest absolute Gasteiger partial charge is 0.397 e. The number of rotatable bonds is 27. The summed E-state index contributed by atoms with van der Waals surface area (Å²) in [6.45, 7) is -6.08. The van der Waals surface area contributed by atoms with E-state index < -0.39 is 216 Å². The predicted octanol–water partition coefficient (Wildman–Crippen LogP) is -9.30. The third-order valence-electron chi connectivity index (χ3n) is 8.15. The molecule has 0 aromatic carbocycles. The molecule has 3 saturated heterocycles. The molecule has 56 heteroatoms. The van der Waals surface area contributed by atoms with Gasteiger partial charge >= 0.3 is 104 Å². The van der Waals surface area contributed by atoms with Gasteiger partial charge in [-0.2, -0.15) is 84.2 Å². The number of aliphatic hydroxyl groups is 1. The number of ether oxygens (including phenoxy) is 5. The summed E-state index contributed by atoms with van der Waals surface area (Å²) in [7, 11) is -61.8. The molecule has 1 unspecified atom stereocenters. The van der Waals surface area contributed by atoms with Gasteiger partial charge in [0.2, 0.25) is 0 Å². The van der Waals surface area contributed by atoms with Gasteiger partial charge in [-0.25, -0.2) is 41.8 Å². The maximum Gasteiger partial charge on any atom is 0.397 e. The van der Waals surface area contributed by atoms with Crippen molar-refractivity contribution in [2.75, 3.05) is 19.8 Å². The van der Waals surface area contributed by atoms with Crippen molar-refractivity contribution in [2.45, 2.75) is 92.1 Å². The van der Waals surface area contributed by atoms with E-state index in [0.29, 0.717) is 0 Å². The summed E-state index contributed by atoms with van der Waals surface area (Å²) in [6.07, 6.45) is -50.5. The first-order chi connectivity index (χ1) is 32.8. The lowest BCUT2D eigenvalue weighted by Gasteiger charge is -2.49. The van der Waals surface area contributed by atoms with Gasteiger partial charge < -0.3 is 28.8 Å². The smallest absolute Gasteiger partial charge is 0.366 e. The molecule has 0 bridgehead atoms. The van der Waals surface area contributed by atoms with Crippen LogP contribution < -0.4 is 0 Å². The molecule has 0 aliphatic carbocycles. The third kappa shape index (κ3) is 23.8. The Morgan fingerprint density at radius 2 is 0.486 bits per heavy atom. The monoisotopic (exact) mass is 1300 g/mol. The average molecular weight is 1310 g/mol. The molecule has 3 rings (SSSR count).